The third-order valence-electron chi connectivity index (χ3n) is 14.6. The molecule has 1 amide bonds. The van der Waals surface area contributed by atoms with E-state index in [0.717, 1.165) is 44.1 Å². The Morgan fingerprint density at radius 1 is 1.09 bits per heavy atom. The van der Waals surface area contributed by atoms with Gasteiger partial charge in [0.1, 0.15) is 0 Å². The molecule has 0 saturated heterocycles. The number of nitrogens with one attached hydrogen (secondary N) is 1. The molecular formula is C36H54N2O5. The number of methoxy groups -OCH3 is 1. The molecule has 7 heteroatoms. The molecule has 2 spiro atoms. The summed E-state index contributed by atoms with van der Waals surface area (Å²) in [7, 11) is 5.80. The summed E-state index contributed by atoms with van der Waals surface area (Å²) in [6.07, 6.45) is 11.7. The second-order valence-electron chi connectivity index (χ2n) is 16.0. The van der Waals surface area contributed by atoms with Crippen LogP contribution in [0, 0.1) is 44.8 Å². The van der Waals surface area contributed by atoms with Gasteiger partial charge < -0.3 is 30.3 Å². The number of hydrogen-bond acceptors (Lipinski definition) is 6. The molecule has 4 N–H and O–H groups in total. The van der Waals surface area contributed by atoms with Gasteiger partial charge in [-0.3, -0.25) is 4.79 Å². The van der Waals surface area contributed by atoms with Crippen molar-refractivity contribution in [2.45, 2.75) is 97.2 Å². The fourth-order valence-corrected chi connectivity index (χ4v) is 12.1. The predicted molar refractivity (Wildman–Crippen MR) is 168 cm³/mol. The summed E-state index contributed by atoms with van der Waals surface area (Å²) >= 11 is 0. The lowest BCUT2D eigenvalue weighted by atomic mass is 9.41. The van der Waals surface area contributed by atoms with Crippen molar-refractivity contribution in [2.75, 3.05) is 27.8 Å². The molecular weight excluding hydrogens is 540 g/mol. The molecule has 11 atom stereocenters. The first-order chi connectivity index (χ1) is 20.2. The molecule has 5 aliphatic carbocycles. The second kappa shape index (κ2) is 10.2. The van der Waals surface area contributed by atoms with Crippen LogP contribution in [0.5, 0.6) is 11.5 Å². The van der Waals surface area contributed by atoms with E-state index in [0.29, 0.717) is 29.0 Å². The molecule has 238 valence electrons. The first-order valence-corrected chi connectivity index (χ1v) is 16.5. The van der Waals surface area contributed by atoms with E-state index >= 15 is 0 Å². The lowest BCUT2D eigenvalue weighted by molar-refractivity contribution is -0.156. The molecule has 0 aromatic heterocycles. The highest BCUT2D eigenvalue weighted by molar-refractivity contribution is 5.92. The van der Waals surface area contributed by atoms with Gasteiger partial charge in [-0.1, -0.05) is 26.8 Å². The quantitative estimate of drug-likeness (QED) is 0.323. The zero-order valence-electron chi connectivity index (χ0n) is 27.3. The Kier molecular flexibility index (Phi) is 7.34. The molecule has 5 fully saturated rings. The van der Waals surface area contributed by atoms with Crippen molar-refractivity contribution in [3.8, 4) is 11.5 Å². The first-order valence-electron chi connectivity index (χ1n) is 16.5. The average Bonchev–Trinajstić information content (AvgIpc) is 3.58. The Morgan fingerprint density at radius 3 is 2.44 bits per heavy atom. The van der Waals surface area contributed by atoms with Gasteiger partial charge in [0.25, 0.3) is 0 Å². The SMILES string of the molecule is COc1ccc(/C=C/C(=O)N[C@H]2CCC34CC35CC[C@]3(C)[C@@H](C(C)N(C)C)[C@H](O)C[C@@]3(C)[C@@H]5CCC4[C@]2(C)CO)cc1O. The van der Waals surface area contributed by atoms with Crippen LogP contribution in [0.3, 0.4) is 0 Å². The molecule has 5 saturated carbocycles. The van der Waals surface area contributed by atoms with E-state index < -0.39 is 0 Å². The lowest BCUT2D eigenvalue weighted by Gasteiger charge is -2.63. The van der Waals surface area contributed by atoms with Crippen molar-refractivity contribution >= 4 is 12.0 Å². The van der Waals surface area contributed by atoms with Gasteiger partial charge in [0.15, 0.2) is 11.5 Å². The van der Waals surface area contributed by atoms with Crippen LogP contribution in [0.1, 0.15) is 84.6 Å². The summed E-state index contributed by atoms with van der Waals surface area (Å²) in [5.41, 5.74) is 1.08. The van der Waals surface area contributed by atoms with E-state index in [4.69, 9.17) is 4.74 Å². The number of benzene rings is 1. The summed E-state index contributed by atoms with van der Waals surface area (Å²) in [6.45, 7) is 9.58. The number of aromatic hydroxyl groups is 1. The zero-order valence-corrected chi connectivity index (χ0v) is 27.3. The van der Waals surface area contributed by atoms with Crippen molar-refractivity contribution in [1.29, 1.82) is 0 Å². The highest BCUT2D eigenvalue weighted by Gasteiger charge is 2.83. The van der Waals surface area contributed by atoms with Gasteiger partial charge in [0, 0.05) is 29.5 Å². The second-order valence-corrected chi connectivity index (χ2v) is 16.0. The number of carbonyl (C=O) groups excluding carboxylic acids is 1. The molecule has 0 radical (unpaired) electrons. The number of rotatable bonds is 7. The highest BCUT2D eigenvalue weighted by Crippen LogP contribution is 2.89. The summed E-state index contributed by atoms with van der Waals surface area (Å²) < 4.78 is 5.12. The van der Waals surface area contributed by atoms with E-state index in [-0.39, 0.29) is 58.0 Å². The molecule has 4 unspecified atom stereocenters. The number of fused-ring (bicyclic) bond motifs is 2. The fraction of sp³-hybridized carbons (Fsp3) is 0.750. The molecule has 0 aliphatic heterocycles. The van der Waals surface area contributed by atoms with Gasteiger partial charge in [0.05, 0.1) is 19.8 Å². The number of aliphatic hydroxyl groups excluding tert-OH is 2. The van der Waals surface area contributed by atoms with E-state index in [1.54, 1.807) is 24.3 Å². The minimum Gasteiger partial charge on any atom is -0.504 e. The van der Waals surface area contributed by atoms with Crippen molar-refractivity contribution in [2.24, 2.45) is 44.8 Å². The smallest absolute Gasteiger partial charge is 0.244 e. The van der Waals surface area contributed by atoms with E-state index in [2.05, 4.69) is 52.0 Å². The molecule has 7 nitrogen and oxygen atoms in total. The van der Waals surface area contributed by atoms with Crippen LogP contribution in [-0.4, -0.2) is 72.1 Å². The van der Waals surface area contributed by atoms with Crippen LogP contribution in [0.15, 0.2) is 24.3 Å². The van der Waals surface area contributed by atoms with Crippen LogP contribution in [0.25, 0.3) is 6.08 Å². The average molecular weight is 595 g/mol. The van der Waals surface area contributed by atoms with Crippen LogP contribution < -0.4 is 10.1 Å². The van der Waals surface area contributed by atoms with Crippen LogP contribution in [0.4, 0.5) is 0 Å². The number of ether oxygens (including phenoxy) is 1. The third kappa shape index (κ3) is 4.13. The maximum Gasteiger partial charge on any atom is 0.244 e. The van der Waals surface area contributed by atoms with Crippen molar-refractivity contribution < 1.29 is 24.9 Å². The summed E-state index contributed by atoms with van der Waals surface area (Å²) in [5, 5.41) is 35.9. The standard InChI is InChI=1S/C36H54N2O5/c1-22(38(5)6)31-25(41)19-34(4)28-12-11-27-32(2,21-39)29(14-15-35(27)20-36(28,35)17-16-33(31,34)3)37-30(42)13-9-23-8-10-26(43-7)24(40)18-23/h8-10,13,18,22,25,27-29,31,39-41H,11-12,14-17,19-21H2,1-7H3,(H,37,42)/b13-9+/t22?,25-,27?,28+,29+,31+,32+,33-,34+,35?,36?/m1/s1. The maximum absolute atomic E-state index is 13.1. The van der Waals surface area contributed by atoms with Gasteiger partial charge in [0.2, 0.25) is 5.91 Å². The minimum absolute atomic E-state index is 0.0381. The number of carbonyl (C=O) groups is 1. The van der Waals surface area contributed by atoms with Crippen LogP contribution in [0.2, 0.25) is 0 Å². The molecule has 1 aromatic rings. The Morgan fingerprint density at radius 2 is 1.79 bits per heavy atom. The summed E-state index contributed by atoms with van der Waals surface area (Å²) in [4.78, 5) is 15.4. The topological polar surface area (TPSA) is 102 Å². The molecule has 43 heavy (non-hydrogen) atoms. The summed E-state index contributed by atoms with van der Waals surface area (Å²) in [6, 6.07) is 5.31. The van der Waals surface area contributed by atoms with Gasteiger partial charge in [-0.05, 0) is 130 Å². The van der Waals surface area contributed by atoms with Crippen LogP contribution >= 0.6 is 0 Å². The molecule has 1 aromatic carbocycles. The van der Waals surface area contributed by atoms with E-state index in [1.165, 1.54) is 26.0 Å². The van der Waals surface area contributed by atoms with Crippen molar-refractivity contribution in [1.82, 2.24) is 10.2 Å². The first kappa shape index (κ1) is 30.9. The van der Waals surface area contributed by atoms with Gasteiger partial charge in [-0.15, -0.1) is 0 Å². The fourth-order valence-electron chi connectivity index (χ4n) is 12.1. The molecule has 6 rings (SSSR count). The lowest BCUT2D eigenvalue weighted by Crippen LogP contribution is -2.62. The Hall–Kier alpha value is -2.09. The van der Waals surface area contributed by atoms with Gasteiger partial charge >= 0.3 is 0 Å². The highest BCUT2D eigenvalue weighted by atomic mass is 16.5. The molecule has 0 bridgehead atoms. The van der Waals surface area contributed by atoms with Crippen molar-refractivity contribution in [3.63, 3.8) is 0 Å². The number of aliphatic hydroxyl groups is 2. The largest absolute Gasteiger partial charge is 0.504 e. The van der Waals surface area contributed by atoms with Gasteiger partial charge in [-0.25, -0.2) is 0 Å². The number of phenols is 1. The third-order valence-corrected chi connectivity index (χ3v) is 14.6. The molecule has 0 heterocycles. The van der Waals surface area contributed by atoms with E-state index in [9.17, 15) is 20.1 Å². The number of hydrogen-bond donors (Lipinski definition) is 4. The maximum atomic E-state index is 13.1. The Labute approximate surface area is 258 Å². The number of phenolic OH excluding ortho intramolecular Hbond substituents is 1. The van der Waals surface area contributed by atoms with E-state index in [1.807, 2.05) is 0 Å². The Bertz CT molecular complexity index is 1300. The Balaban J connectivity index is 1.21. The number of nitrogens with zero attached hydrogens (tertiary/aromatic N) is 1. The summed E-state index contributed by atoms with van der Waals surface area (Å²) in [5.74, 6) is 1.52. The van der Waals surface area contributed by atoms with Gasteiger partial charge in [-0.2, -0.15) is 0 Å². The zero-order chi connectivity index (χ0) is 31.2. The molecule has 5 aliphatic rings. The normalized spacial score (nSPS) is 45.6. The number of amides is 1. The minimum atomic E-state index is -0.382. The monoisotopic (exact) mass is 594 g/mol. The van der Waals surface area contributed by atoms with Crippen molar-refractivity contribution in [3.05, 3.63) is 29.8 Å². The van der Waals surface area contributed by atoms with Crippen LogP contribution in [-0.2, 0) is 4.79 Å². The predicted octanol–water partition coefficient (Wildman–Crippen LogP) is 5.23.